The van der Waals surface area contributed by atoms with Crippen LogP contribution in [0.5, 0.6) is 5.75 Å². The standard InChI is InChI=1S/C18H13BO3.C8H20P/c20-19(21)22-17-7-3-6-12-8-9-15-10-13-4-1-2-5-14(13)11-16(15)18(12)17;1-5-9(6-2,7-3)8-4/h1-11,20-21H;5-8H2,1-4H3/q;+1. The largest absolute Gasteiger partial charge is 0.707 e. The van der Waals surface area contributed by atoms with Gasteiger partial charge in [0.2, 0.25) is 0 Å². The van der Waals surface area contributed by atoms with Gasteiger partial charge in [-0.05, 0) is 72.8 Å². The highest BCUT2D eigenvalue weighted by Crippen LogP contribution is 2.57. The van der Waals surface area contributed by atoms with Crippen LogP contribution in [0.4, 0.5) is 0 Å². The molecule has 3 nitrogen and oxygen atoms in total. The lowest BCUT2D eigenvalue weighted by molar-refractivity contribution is 0.289. The lowest BCUT2D eigenvalue weighted by Crippen LogP contribution is -2.20. The zero-order chi connectivity index (χ0) is 22.4. The summed E-state index contributed by atoms with van der Waals surface area (Å²) >= 11 is 0. The summed E-state index contributed by atoms with van der Waals surface area (Å²) in [7, 11) is -2.25. The maximum absolute atomic E-state index is 9.14. The lowest BCUT2D eigenvalue weighted by Gasteiger charge is -2.20. The molecule has 31 heavy (non-hydrogen) atoms. The molecule has 0 fully saturated rings. The van der Waals surface area contributed by atoms with Gasteiger partial charge in [0.1, 0.15) is 5.75 Å². The Balaban J connectivity index is 0.000000259. The van der Waals surface area contributed by atoms with Crippen LogP contribution < -0.4 is 4.65 Å². The molecule has 4 aromatic rings. The average molecular weight is 435 g/mol. The summed E-state index contributed by atoms with van der Waals surface area (Å²) < 4.78 is 5.16. The first-order valence-corrected chi connectivity index (χ1v) is 13.7. The zero-order valence-corrected chi connectivity index (χ0v) is 19.9. The molecule has 5 heteroatoms. The second-order valence-electron chi connectivity index (χ2n) is 7.89. The van der Waals surface area contributed by atoms with Gasteiger partial charge in [-0.2, -0.15) is 0 Å². The van der Waals surface area contributed by atoms with Crippen molar-refractivity contribution in [3.8, 4) is 5.75 Å². The molecule has 0 aromatic heterocycles. The smallest absolute Gasteiger partial charge is 0.511 e. The lowest BCUT2D eigenvalue weighted by atomic mass is 9.97. The molecule has 162 valence electrons. The third-order valence-corrected chi connectivity index (χ3v) is 12.0. The maximum Gasteiger partial charge on any atom is 0.707 e. The average Bonchev–Trinajstić information content (AvgIpc) is 2.80. The fraction of sp³-hybridized carbons (Fsp3) is 0.308. The van der Waals surface area contributed by atoms with Gasteiger partial charge in [0.25, 0.3) is 0 Å². The zero-order valence-electron chi connectivity index (χ0n) is 19.0. The Labute approximate surface area is 186 Å². The third kappa shape index (κ3) is 5.21. The molecule has 0 aliphatic heterocycles. The topological polar surface area (TPSA) is 49.7 Å². The highest BCUT2D eigenvalue weighted by atomic mass is 31.2. The van der Waals surface area contributed by atoms with Gasteiger partial charge in [-0.3, -0.25) is 0 Å². The van der Waals surface area contributed by atoms with Crippen LogP contribution in [0.25, 0.3) is 32.3 Å². The van der Waals surface area contributed by atoms with E-state index in [1.807, 2.05) is 30.3 Å². The first-order chi connectivity index (χ1) is 15.0. The molecular weight excluding hydrogens is 402 g/mol. The summed E-state index contributed by atoms with van der Waals surface area (Å²) in [5, 5.41) is 24.6. The van der Waals surface area contributed by atoms with E-state index in [1.54, 1.807) is 6.07 Å². The third-order valence-electron chi connectivity index (χ3n) is 6.60. The minimum atomic E-state index is -1.83. The fourth-order valence-corrected chi connectivity index (χ4v) is 7.00. The monoisotopic (exact) mass is 435 g/mol. The summed E-state index contributed by atoms with van der Waals surface area (Å²) in [6.07, 6.45) is 5.82. The van der Waals surface area contributed by atoms with Gasteiger partial charge in [-0.15, -0.1) is 0 Å². The summed E-state index contributed by atoms with van der Waals surface area (Å²) in [6, 6.07) is 22.1. The van der Waals surface area contributed by atoms with Gasteiger partial charge in [-0.1, -0.05) is 48.5 Å². The minimum absolute atomic E-state index is 0.420. The van der Waals surface area contributed by atoms with Crippen LogP contribution in [0.2, 0.25) is 0 Å². The van der Waals surface area contributed by atoms with Crippen LogP contribution in [0.1, 0.15) is 27.7 Å². The van der Waals surface area contributed by atoms with Crippen molar-refractivity contribution in [2.45, 2.75) is 27.7 Å². The molecule has 0 spiro atoms. The number of rotatable bonds is 6. The van der Waals surface area contributed by atoms with E-state index in [4.69, 9.17) is 14.7 Å². The molecule has 0 saturated heterocycles. The van der Waals surface area contributed by atoms with E-state index >= 15 is 0 Å². The van der Waals surface area contributed by atoms with Crippen molar-refractivity contribution in [2.24, 2.45) is 0 Å². The van der Waals surface area contributed by atoms with Gasteiger partial charge < -0.3 is 14.7 Å². The van der Waals surface area contributed by atoms with Gasteiger partial charge in [0, 0.05) is 12.6 Å². The Kier molecular flexibility index (Phi) is 7.94. The Morgan fingerprint density at radius 2 is 1.23 bits per heavy atom. The Morgan fingerprint density at radius 3 is 1.77 bits per heavy atom. The molecule has 4 aromatic carbocycles. The number of hydrogen-bond donors (Lipinski definition) is 2. The Hall–Kier alpha value is -2.13. The number of benzene rings is 4. The van der Waals surface area contributed by atoms with Gasteiger partial charge in [0.05, 0.1) is 24.6 Å². The van der Waals surface area contributed by atoms with Crippen molar-refractivity contribution in [3.05, 3.63) is 66.7 Å². The SMILES string of the molecule is CC[P+](CC)(CC)CC.OB(O)Oc1cccc2ccc3cc4ccccc4cc3c12. The highest BCUT2D eigenvalue weighted by Gasteiger charge is 2.27. The van der Waals surface area contributed by atoms with E-state index in [1.165, 1.54) is 30.0 Å². The van der Waals surface area contributed by atoms with Crippen LogP contribution in [0, 0.1) is 0 Å². The maximum atomic E-state index is 9.14. The highest BCUT2D eigenvalue weighted by molar-refractivity contribution is 7.75. The number of fused-ring (bicyclic) bond motifs is 4. The number of hydrogen-bond acceptors (Lipinski definition) is 3. The minimum Gasteiger partial charge on any atom is -0.511 e. The normalized spacial score (nSPS) is 11.4. The van der Waals surface area contributed by atoms with Crippen molar-refractivity contribution >= 4 is 46.9 Å². The molecule has 0 atom stereocenters. The predicted molar refractivity (Wildman–Crippen MR) is 139 cm³/mol. The molecule has 0 saturated carbocycles. The molecule has 0 aliphatic carbocycles. The van der Waals surface area contributed by atoms with E-state index in [9.17, 15) is 0 Å². The Morgan fingerprint density at radius 1 is 0.677 bits per heavy atom. The first-order valence-electron chi connectivity index (χ1n) is 11.2. The molecule has 0 heterocycles. The molecule has 0 amide bonds. The molecule has 0 aliphatic rings. The summed E-state index contributed by atoms with van der Waals surface area (Å²) in [5.74, 6) is 0.466. The van der Waals surface area contributed by atoms with E-state index < -0.39 is 14.6 Å². The van der Waals surface area contributed by atoms with E-state index in [0.717, 1.165) is 26.9 Å². The van der Waals surface area contributed by atoms with Crippen molar-refractivity contribution in [2.75, 3.05) is 24.6 Å². The van der Waals surface area contributed by atoms with Gasteiger partial charge >= 0.3 is 7.32 Å². The second-order valence-corrected chi connectivity index (χ2v) is 13.1. The van der Waals surface area contributed by atoms with Crippen LogP contribution in [-0.2, 0) is 0 Å². The molecule has 2 N–H and O–H groups in total. The first kappa shape index (κ1) is 23.5. The van der Waals surface area contributed by atoms with Crippen molar-refractivity contribution in [1.82, 2.24) is 0 Å². The molecule has 0 bridgehead atoms. The summed E-state index contributed by atoms with van der Waals surface area (Å²) in [4.78, 5) is 0. The molecule has 0 unspecified atom stereocenters. The Bertz CT molecular complexity index is 1140. The van der Waals surface area contributed by atoms with Crippen molar-refractivity contribution in [1.29, 1.82) is 0 Å². The van der Waals surface area contributed by atoms with Crippen LogP contribution >= 0.6 is 7.26 Å². The molecule has 4 rings (SSSR count). The van der Waals surface area contributed by atoms with Gasteiger partial charge in [-0.25, -0.2) is 0 Å². The quantitative estimate of drug-likeness (QED) is 0.156. The van der Waals surface area contributed by atoms with Crippen LogP contribution in [0.15, 0.2) is 66.7 Å². The molecule has 0 radical (unpaired) electrons. The van der Waals surface area contributed by atoms with Crippen molar-refractivity contribution in [3.63, 3.8) is 0 Å². The fourth-order valence-electron chi connectivity index (χ4n) is 4.32. The van der Waals surface area contributed by atoms with E-state index in [0.29, 0.717) is 5.75 Å². The molecular formula is C26H33BO3P+. The van der Waals surface area contributed by atoms with Crippen LogP contribution in [0.3, 0.4) is 0 Å². The predicted octanol–water partition coefficient (Wildman–Crippen LogP) is 6.58. The van der Waals surface area contributed by atoms with Gasteiger partial charge in [0.15, 0.2) is 0 Å². The summed E-state index contributed by atoms with van der Waals surface area (Å²) in [5.41, 5.74) is 0. The van der Waals surface area contributed by atoms with Crippen LogP contribution in [-0.4, -0.2) is 42.0 Å². The van der Waals surface area contributed by atoms with E-state index in [2.05, 4.69) is 58.0 Å². The second kappa shape index (κ2) is 10.5. The van der Waals surface area contributed by atoms with E-state index in [-0.39, 0.29) is 0 Å². The van der Waals surface area contributed by atoms with Crippen molar-refractivity contribution < 1.29 is 14.7 Å². The summed E-state index contributed by atoms with van der Waals surface area (Å²) in [6.45, 7) is 9.41.